The summed E-state index contributed by atoms with van der Waals surface area (Å²) in [5.74, 6) is 0.161. The molecule has 0 aromatic heterocycles. The van der Waals surface area contributed by atoms with Gasteiger partial charge in [0.2, 0.25) is 15.8 Å². The van der Waals surface area contributed by atoms with Crippen LogP contribution in [0.5, 0.6) is 0 Å². The van der Waals surface area contributed by atoms with Crippen LogP contribution < -0.4 is 5.14 Å². The maximum Gasteiger partial charge on any atom is 0.238 e. The minimum Gasteiger partial charge on any atom is -0.478 e. The van der Waals surface area contributed by atoms with E-state index in [2.05, 4.69) is 0 Å². The minimum absolute atomic E-state index is 0.0215. The number of primary sulfonamides is 1. The van der Waals surface area contributed by atoms with Crippen molar-refractivity contribution in [3.05, 3.63) is 65.2 Å². The van der Waals surface area contributed by atoms with Gasteiger partial charge in [0.15, 0.2) is 11.4 Å². The third-order valence-corrected chi connectivity index (χ3v) is 5.89. The highest BCUT2D eigenvalue weighted by Crippen LogP contribution is 2.43. The van der Waals surface area contributed by atoms with Gasteiger partial charge in [-0.3, -0.25) is 9.59 Å². The van der Waals surface area contributed by atoms with Crippen molar-refractivity contribution in [2.24, 2.45) is 5.14 Å². The predicted octanol–water partition coefficient (Wildman–Crippen LogP) is 3.17. The van der Waals surface area contributed by atoms with E-state index < -0.39 is 15.6 Å². The number of carbonyl (C=O) groups excluding carboxylic acids is 2. The fourth-order valence-corrected chi connectivity index (χ4v) is 3.57. The maximum atomic E-state index is 13.1. The van der Waals surface area contributed by atoms with E-state index >= 15 is 0 Å². The number of benzene rings is 2. The number of sulfonamides is 1. The first-order valence-corrected chi connectivity index (χ1v) is 10.3. The van der Waals surface area contributed by atoms with Crippen molar-refractivity contribution in [1.29, 1.82) is 0 Å². The third kappa shape index (κ3) is 3.50. The zero-order chi connectivity index (χ0) is 20.7. The van der Waals surface area contributed by atoms with E-state index in [1.54, 1.807) is 43.3 Å². The van der Waals surface area contributed by atoms with Gasteiger partial charge < -0.3 is 4.74 Å². The van der Waals surface area contributed by atoms with Crippen molar-refractivity contribution in [2.45, 2.75) is 37.7 Å². The summed E-state index contributed by atoms with van der Waals surface area (Å²) < 4.78 is 29.0. The Bertz CT molecular complexity index is 1080. The van der Waals surface area contributed by atoms with Crippen molar-refractivity contribution in [3.63, 3.8) is 0 Å². The van der Waals surface area contributed by atoms with Crippen LogP contribution in [0.2, 0.25) is 0 Å². The monoisotopic (exact) mass is 399 g/mol. The summed E-state index contributed by atoms with van der Waals surface area (Å²) in [5.41, 5.74) is 1.15. The van der Waals surface area contributed by atoms with Gasteiger partial charge in [0.25, 0.3) is 0 Å². The Labute approximate surface area is 164 Å². The molecule has 0 saturated carbocycles. The normalized spacial score (nSPS) is 19.6. The molecule has 28 heavy (non-hydrogen) atoms. The SMILES string of the molecule is CCC1(C)OC(c2ccc(S(N)(=O)=O)cc2)=C(c2ccc(C(C)=O)cc2)C1=O. The molecule has 3 rings (SSSR count). The molecule has 2 aromatic rings. The van der Waals surface area contributed by atoms with E-state index in [-0.39, 0.29) is 16.5 Å². The molecule has 0 saturated heterocycles. The van der Waals surface area contributed by atoms with Crippen LogP contribution in [-0.4, -0.2) is 25.6 Å². The molecule has 0 fully saturated rings. The summed E-state index contributed by atoms with van der Waals surface area (Å²) in [6.45, 7) is 5.07. The van der Waals surface area contributed by atoms with Crippen LogP contribution in [0.1, 0.15) is 48.7 Å². The van der Waals surface area contributed by atoms with Crippen LogP contribution in [0.4, 0.5) is 0 Å². The Hall–Kier alpha value is -2.77. The van der Waals surface area contributed by atoms with E-state index in [1.165, 1.54) is 19.1 Å². The molecule has 0 amide bonds. The van der Waals surface area contributed by atoms with Gasteiger partial charge in [-0.05, 0) is 50.1 Å². The third-order valence-electron chi connectivity index (χ3n) is 4.96. The second kappa shape index (κ2) is 7.00. The van der Waals surface area contributed by atoms with E-state index in [9.17, 15) is 18.0 Å². The molecule has 0 bridgehead atoms. The second-order valence-electron chi connectivity index (χ2n) is 6.92. The Morgan fingerprint density at radius 2 is 1.57 bits per heavy atom. The predicted molar refractivity (Wildman–Crippen MR) is 106 cm³/mol. The van der Waals surface area contributed by atoms with Gasteiger partial charge in [-0.25, -0.2) is 13.6 Å². The highest BCUT2D eigenvalue weighted by molar-refractivity contribution is 7.89. The lowest BCUT2D eigenvalue weighted by atomic mass is 9.89. The minimum atomic E-state index is -3.82. The van der Waals surface area contributed by atoms with Crippen molar-refractivity contribution in [3.8, 4) is 0 Å². The van der Waals surface area contributed by atoms with Gasteiger partial charge in [-0.1, -0.05) is 31.2 Å². The number of ether oxygens (including phenoxy) is 1. The van der Waals surface area contributed by atoms with Crippen molar-refractivity contribution < 1.29 is 22.7 Å². The maximum absolute atomic E-state index is 13.1. The molecular formula is C21H21NO5S. The Balaban J connectivity index is 2.14. The number of nitrogens with two attached hydrogens (primary N) is 1. The van der Waals surface area contributed by atoms with Crippen LogP contribution in [0, 0.1) is 0 Å². The lowest BCUT2D eigenvalue weighted by Crippen LogP contribution is -2.32. The van der Waals surface area contributed by atoms with Crippen molar-refractivity contribution in [1.82, 2.24) is 0 Å². The number of rotatable bonds is 5. The Morgan fingerprint density at radius 1 is 1.04 bits per heavy atom. The molecule has 6 nitrogen and oxygen atoms in total. The number of carbonyl (C=O) groups is 2. The zero-order valence-electron chi connectivity index (χ0n) is 15.9. The Kier molecular flexibility index (Phi) is 4.99. The van der Waals surface area contributed by atoms with Crippen LogP contribution in [-0.2, 0) is 19.6 Å². The van der Waals surface area contributed by atoms with Crippen LogP contribution in [0.15, 0.2) is 53.4 Å². The lowest BCUT2D eigenvalue weighted by molar-refractivity contribution is -0.126. The zero-order valence-corrected chi connectivity index (χ0v) is 16.7. The first kappa shape index (κ1) is 20.0. The molecule has 1 aliphatic heterocycles. The largest absolute Gasteiger partial charge is 0.478 e. The van der Waals surface area contributed by atoms with Crippen LogP contribution in [0.25, 0.3) is 11.3 Å². The van der Waals surface area contributed by atoms with E-state index in [1.807, 2.05) is 6.92 Å². The second-order valence-corrected chi connectivity index (χ2v) is 8.48. The highest BCUT2D eigenvalue weighted by atomic mass is 32.2. The number of hydrogen-bond acceptors (Lipinski definition) is 5. The molecule has 7 heteroatoms. The van der Waals surface area contributed by atoms with E-state index in [4.69, 9.17) is 9.88 Å². The average molecular weight is 399 g/mol. The molecule has 1 heterocycles. The van der Waals surface area contributed by atoms with Gasteiger partial charge in [-0.15, -0.1) is 0 Å². The fourth-order valence-electron chi connectivity index (χ4n) is 3.06. The number of Topliss-reactive ketones (excluding diaryl/α,β-unsaturated/α-hetero) is 2. The first-order chi connectivity index (χ1) is 13.1. The van der Waals surface area contributed by atoms with Crippen molar-refractivity contribution >= 4 is 32.9 Å². The standard InChI is InChI=1S/C21H21NO5S/c1-4-21(3)20(24)18(15-7-5-14(6-8-15)13(2)23)19(27-21)16-9-11-17(12-10-16)28(22,25)26/h5-12H,4H2,1-3H3,(H2,22,25,26). The lowest BCUT2D eigenvalue weighted by Gasteiger charge is -2.21. The summed E-state index contributed by atoms with van der Waals surface area (Å²) in [5, 5.41) is 5.15. The van der Waals surface area contributed by atoms with E-state index in [0.717, 1.165) is 0 Å². The summed E-state index contributed by atoms with van der Waals surface area (Å²) in [4.78, 5) is 24.6. The molecule has 0 radical (unpaired) electrons. The van der Waals surface area contributed by atoms with Gasteiger partial charge >= 0.3 is 0 Å². The molecule has 0 aliphatic carbocycles. The molecule has 0 spiro atoms. The Morgan fingerprint density at radius 3 is 2.04 bits per heavy atom. The summed E-state index contributed by atoms with van der Waals surface area (Å²) in [6.07, 6.45) is 0.472. The molecular weight excluding hydrogens is 378 g/mol. The van der Waals surface area contributed by atoms with Crippen LogP contribution >= 0.6 is 0 Å². The summed E-state index contributed by atoms with van der Waals surface area (Å²) in [6, 6.07) is 12.7. The molecule has 2 aromatic carbocycles. The molecule has 1 unspecified atom stereocenters. The van der Waals surface area contributed by atoms with Gasteiger partial charge in [0.05, 0.1) is 10.5 Å². The molecule has 146 valence electrons. The summed E-state index contributed by atoms with van der Waals surface area (Å²) in [7, 11) is -3.82. The van der Waals surface area contributed by atoms with Gasteiger partial charge in [0, 0.05) is 11.1 Å². The molecule has 1 aliphatic rings. The quantitative estimate of drug-likeness (QED) is 0.778. The van der Waals surface area contributed by atoms with Gasteiger partial charge in [-0.2, -0.15) is 0 Å². The molecule has 2 N–H and O–H groups in total. The number of hydrogen-bond donors (Lipinski definition) is 1. The topological polar surface area (TPSA) is 104 Å². The van der Waals surface area contributed by atoms with Crippen molar-refractivity contribution in [2.75, 3.05) is 0 Å². The fraction of sp³-hybridized carbons (Fsp3) is 0.238. The van der Waals surface area contributed by atoms with Crippen LogP contribution in [0.3, 0.4) is 0 Å². The first-order valence-electron chi connectivity index (χ1n) is 8.79. The smallest absolute Gasteiger partial charge is 0.238 e. The van der Waals surface area contributed by atoms with Gasteiger partial charge in [0.1, 0.15) is 5.76 Å². The summed E-state index contributed by atoms with van der Waals surface area (Å²) >= 11 is 0. The average Bonchev–Trinajstić information content (AvgIpc) is 2.93. The highest BCUT2D eigenvalue weighted by Gasteiger charge is 2.45. The number of ketones is 2. The van der Waals surface area contributed by atoms with E-state index in [0.29, 0.717) is 34.4 Å². The molecule has 1 atom stereocenters.